The number of anilines is 1. The van der Waals surface area contributed by atoms with Gasteiger partial charge in [0.1, 0.15) is 24.3 Å². The monoisotopic (exact) mass is 594 g/mol. The van der Waals surface area contributed by atoms with Gasteiger partial charge in [0.2, 0.25) is 5.91 Å². The van der Waals surface area contributed by atoms with Crippen molar-refractivity contribution < 1.29 is 37.5 Å². The van der Waals surface area contributed by atoms with E-state index in [2.05, 4.69) is 10.1 Å². The Labute approximate surface area is 232 Å². The highest BCUT2D eigenvalue weighted by molar-refractivity contribution is 8.00. The van der Waals surface area contributed by atoms with Gasteiger partial charge in [-0.1, -0.05) is 12.1 Å². The third kappa shape index (κ3) is 5.65. The van der Waals surface area contributed by atoms with Gasteiger partial charge in [0.15, 0.2) is 26.5 Å². The molecule has 2 aliphatic rings. The number of nitrogens with zero attached hydrogens (tertiary/aromatic N) is 3. The second kappa shape index (κ2) is 11.4. The number of ketones is 1. The van der Waals surface area contributed by atoms with Crippen LogP contribution in [0.3, 0.4) is 0 Å². The predicted molar refractivity (Wildman–Crippen MR) is 145 cm³/mol. The van der Waals surface area contributed by atoms with Crippen LogP contribution >= 0.6 is 23.1 Å². The molecular formula is C24H26N4O8S3. The van der Waals surface area contributed by atoms with Crippen LogP contribution in [-0.4, -0.2) is 77.9 Å². The van der Waals surface area contributed by atoms with Crippen molar-refractivity contribution >= 4 is 61.4 Å². The van der Waals surface area contributed by atoms with E-state index in [9.17, 15) is 27.9 Å². The number of fused-ring (bicyclic) bond motifs is 1. The van der Waals surface area contributed by atoms with Crippen LogP contribution < -0.4 is 10.5 Å². The molecule has 1 aromatic carbocycles. The van der Waals surface area contributed by atoms with Crippen LogP contribution in [0.5, 0.6) is 5.75 Å². The molecule has 0 saturated carbocycles. The normalized spacial score (nSPS) is 19.4. The number of nitrogen functional groups attached to an aromatic ring is 1. The number of aliphatic carboxylic acids is 1. The maximum Gasteiger partial charge on any atom is 0.352 e. The summed E-state index contributed by atoms with van der Waals surface area (Å²) in [7, 11) is -0.838. The fourth-order valence-electron chi connectivity index (χ4n) is 4.42. The van der Waals surface area contributed by atoms with Crippen LogP contribution in [0.4, 0.5) is 5.13 Å². The highest BCUT2D eigenvalue weighted by Crippen LogP contribution is 2.46. The lowest BCUT2D eigenvalue weighted by Crippen LogP contribution is -2.62. The van der Waals surface area contributed by atoms with E-state index in [0.29, 0.717) is 16.9 Å². The Morgan fingerprint density at radius 1 is 1.28 bits per heavy atom. The Morgan fingerprint density at radius 3 is 2.62 bits per heavy atom. The Morgan fingerprint density at radius 2 is 2.03 bits per heavy atom. The van der Waals surface area contributed by atoms with Gasteiger partial charge >= 0.3 is 5.97 Å². The molecule has 1 aromatic heterocycles. The number of benzene rings is 1. The Kier molecular flexibility index (Phi) is 8.32. The summed E-state index contributed by atoms with van der Waals surface area (Å²) in [6.45, 7) is 1.53. The molecule has 0 unspecified atom stereocenters. The Bertz CT molecular complexity index is 1500. The summed E-state index contributed by atoms with van der Waals surface area (Å²) in [5, 5.41) is 15.0. The van der Waals surface area contributed by atoms with E-state index in [4.69, 9.17) is 15.3 Å². The van der Waals surface area contributed by atoms with E-state index < -0.39 is 38.8 Å². The van der Waals surface area contributed by atoms with Gasteiger partial charge in [-0.25, -0.2) is 18.2 Å². The number of carbonyl (C=O) groups is 3. The molecule has 0 radical (unpaired) electrons. The van der Waals surface area contributed by atoms with Gasteiger partial charge in [-0.05, 0) is 35.8 Å². The number of carboxylic acids is 1. The van der Waals surface area contributed by atoms with Crippen LogP contribution in [0.15, 0.2) is 44.9 Å². The zero-order chi connectivity index (χ0) is 28.5. The van der Waals surface area contributed by atoms with Gasteiger partial charge in [0, 0.05) is 17.6 Å². The number of hydrogen-bond acceptors (Lipinski definition) is 12. The van der Waals surface area contributed by atoms with Crippen LogP contribution in [-0.2, 0) is 35.5 Å². The van der Waals surface area contributed by atoms with Crippen LogP contribution in [0.2, 0.25) is 0 Å². The van der Waals surface area contributed by atoms with Crippen molar-refractivity contribution in [1.29, 1.82) is 0 Å². The molecule has 208 valence electrons. The second-order valence-electron chi connectivity index (χ2n) is 8.69. The standard InChI is InChI=1S/C24H26N4O8S3/c1-4-39(33,34)15-7-12(6-14(8-15)35-2)5-13-10-37-22-16(21(30)28(22)20(13)23(31)32)9-18(29)19(27-36-3)17-11-38-24(25)26-17/h6-8,11,16,22H,4-5,9-10H2,1-3H3,(H2,25,26)(H,31,32)/b27-19-/t16-,22-/m1/s1. The average molecular weight is 595 g/mol. The van der Waals surface area contributed by atoms with Crippen LogP contribution in [0.25, 0.3) is 0 Å². The van der Waals surface area contributed by atoms with Crippen molar-refractivity contribution in [3.63, 3.8) is 0 Å². The van der Waals surface area contributed by atoms with Gasteiger partial charge in [-0.2, -0.15) is 0 Å². The van der Waals surface area contributed by atoms with Gasteiger partial charge in [0.05, 0.1) is 29.0 Å². The third-order valence-corrected chi connectivity index (χ3v) is 10.1. The molecule has 1 amide bonds. The summed E-state index contributed by atoms with van der Waals surface area (Å²) in [6.07, 6.45) is -0.100. The highest BCUT2D eigenvalue weighted by atomic mass is 32.2. The molecule has 0 spiro atoms. The topological polar surface area (TPSA) is 179 Å². The number of oxime groups is 1. The van der Waals surface area contributed by atoms with E-state index in [1.165, 1.54) is 49.9 Å². The Hall–Kier alpha value is -3.43. The second-order valence-corrected chi connectivity index (χ2v) is 13.0. The highest BCUT2D eigenvalue weighted by Gasteiger charge is 2.54. The molecule has 3 N–H and O–H groups in total. The summed E-state index contributed by atoms with van der Waals surface area (Å²) in [4.78, 5) is 48.6. The lowest BCUT2D eigenvalue weighted by atomic mass is 9.88. The van der Waals surface area contributed by atoms with Gasteiger partial charge in [0.25, 0.3) is 0 Å². The maximum absolute atomic E-state index is 13.1. The van der Waals surface area contributed by atoms with E-state index >= 15 is 0 Å². The number of carboxylic acid groups (broad SMARTS) is 1. The van der Waals surface area contributed by atoms with Crippen molar-refractivity contribution in [3.8, 4) is 5.75 Å². The number of methoxy groups -OCH3 is 1. The van der Waals surface area contributed by atoms with Crippen molar-refractivity contribution in [2.24, 2.45) is 11.1 Å². The number of Topliss-reactive ketones (excluding diaryl/α,β-unsaturated/α-hetero) is 1. The fourth-order valence-corrected chi connectivity index (χ4v) is 7.34. The van der Waals surface area contributed by atoms with Crippen molar-refractivity contribution in [2.45, 2.75) is 30.0 Å². The molecule has 2 atom stereocenters. The number of nitrogens with two attached hydrogens (primary N) is 1. The first-order valence-corrected chi connectivity index (χ1v) is 15.2. The van der Waals surface area contributed by atoms with E-state index in [1.807, 2.05) is 0 Å². The van der Waals surface area contributed by atoms with Gasteiger partial charge < -0.3 is 20.4 Å². The lowest BCUT2D eigenvalue weighted by Gasteiger charge is -2.49. The minimum Gasteiger partial charge on any atom is -0.497 e. The summed E-state index contributed by atoms with van der Waals surface area (Å²) >= 11 is 2.47. The van der Waals surface area contributed by atoms with Gasteiger partial charge in [-0.15, -0.1) is 23.1 Å². The zero-order valence-corrected chi connectivity index (χ0v) is 23.7. The molecule has 3 heterocycles. The molecule has 2 aromatic rings. The van der Waals surface area contributed by atoms with Crippen LogP contribution in [0, 0.1) is 5.92 Å². The first-order valence-electron chi connectivity index (χ1n) is 11.7. The summed E-state index contributed by atoms with van der Waals surface area (Å²) < 4.78 is 30.2. The molecule has 12 nitrogen and oxygen atoms in total. The SMILES string of the molecule is CCS(=O)(=O)c1cc(CC2=C(C(=O)O)N3C(=O)[C@@H](CC(=O)/C(=N\OC)c4csc(N)n4)[C@H]3SC2)cc(OC)c1. The quantitative estimate of drug-likeness (QED) is 0.221. The van der Waals surface area contributed by atoms with Crippen molar-refractivity contribution in [2.75, 3.05) is 31.5 Å². The largest absolute Gasteiger partial charge is 0.497 e. The number of thiazole rings is 1. The molecule has 0 bridgehead atoms. The number of thioether (sulfide) groups is 1. The Balaban J connectivity index is 1.59. The third-order valence-electron chi connectivity index (χ3n) is 6.31. The first kappa shape index (κ1) is 28.6. The molecule has 0 aliphatic carbocycles. The zero-order valence-electron chi connectivity index (χ0n) is 21.2. The minimum atomic E-state index is -3.53. The van der Waals surface area contributed by atoms with E-state index in [1.54, 1.807) is 11.4 Å². The van der Waals surface area contributed by atoms with E-state index in [-0.39, 0.29) is 51.5 Å². The molecule has 1 saturated heterocycles. The summed E-state index contributed by atoms with van der Waals surface area (Å²) in [5.41, 5.74) is 6.67. The smallest absolute Gasteiger partial charge is 0.352 e. The lowest BCUT2D eigenvalue weighted by molar-refractivity contribution is -0.153. The van der Waals surface area contributed by atoms with Crippen LogP contribution in [0.1, 0.15) is 24.6 Å². The molecular weight excluding hydrogens is 568 g/mol. The van der Waals surface area contributed by atoms with Gasteiger partial charge in [-0.3, -0.25) is 14.5 Å². The molecule has 1 fully saturated rings. The number of rotatable bonds is 11. The molecule has 39 heavy (non-hydrogen) atoms. The molecule has 15 heteroatoms. The number of β-lactam (4-membered cyclic amide) rings is 1. The maximum atomic E-state index is 13.1. The summed E-state index contributed by atoms with van der Waals surface area (Å²) in [6, 6.07) is 4.55. The number of hydrogen-bond donors (Lipinski definition) is 2. The van der Waals surface area contributed by atoms with Crippen molar-refractivity contribution in [3.05, 3.63) is 46.1 Å². The fraction of sp³-hybridized carbons (Fsp3) is 0.375. The van der Waals surface area contributed by atoms with Crippen molar-refractivity contribution in [1.82, 2.24) is 9.88 Å². The van der Waals surface area contributed by atoms with E-state index in [0.717, 1.165) is 11.3 Å². The molecule has 2 aliphatic heterocycles. The molecule has 4 rings (SSSR count). The number of carbonyl (C=O) groups excluding carboxylic acids is 2. The predicted octanol–water partition coefficient (Wildman–Crippen LogP) is 1.95. The number of sulfone groups is 1. The average Bonchev–Trinajstić information content (AvgIpc) is 3.35. The first-order chi connectivity index (χ1) is 18.5. The summed E-state index contributed by atoms with van der Waals surface area (Å²) in [5.74, 6) is -2.51. The minimum absolute atomic E-state index is 0.0666. The number of aromatic nitrogens is 1. The number of ether oxygens (including phenoxy) is 1. The number of amides is 1.